The fourth-order valence-electron chi connectivity index (χ4n) is 5.74. The first-order valence-corrected chi connectivity index (χ1v) is 15.6. The van der Waals surface area contributed by atoms with Crippen LogP contribution in [-0.2, 0) is 4.84 Å². The third kappa shape index (κ3) is 8.68. The van der Waals surface area contributed by atoms with Gasteiger partial charge in [-0.3, -0.25) is 4.84 Å². The van der Waals surface area contributed by atoms with Crippen LogP contribution in [0.3, 0.4) is 0 Å². The molecule has 0 spiro atoms. The lowest BCUT2D eigenvalue weighted by Gasteiger charge is -2.49. The largest absolute Gasteiger partial charge is 0.497 e. The molecule has 0 radical (unpaired) electrons. The summed E-state index contributed by atoms with van der Waals surface area (Å²) in [5.74, 6) is 1.94. The standard InChI is InChI=1S/C36H49N3O3/c1-5-7-8-9-10-14-18-35-36(38-29-21-25-32(41-4)26-22-29)33(27-37-28-19-23-31(40-3)24-20-28)34(15-6-2)39(42-35)30-16-12-11-13-17-30/h11-14,16-26,33-38H,5-10,15,27H2,1-4H3/b18-14+/t33-,34-,35-,36+/m1/s1. The highest BCUT2D eigenvalue weighted by atomic mass is 16.7. The Balaban J connectivity index is 1.67. The van der Waals surface area contributed by atoms with Crippen molar-refractivity contribution in [1.82, 2.24) is 0 Å². The summed E-state index contributed by atoms with van der Waals surface area (Å²) in [6, 6.07) is 27.2. The Labute approximate surface area is 253 Å². The highest BCUT2D eigenvalue weighted by Crippen LogP contribution is 2.36. The van der Waals surface area contributed by atoms with Crippen LogP contribution in [0.1, 0.15) is 58.8 Å². The van der Waals surface area contributed by atoms with Gasteiger partial charge in [0.25, 0.3) is 0 Å². The third-order valence-corrected chi connectivity index (χ3v) is 8.05. The maximum Gasteiger partial charge on any atom is 0.124 e. The number of nitrogens with zero attached hydrogens (tertiary/aromatic N) is 1. The number of methoxy groups -OCH3 is 2. The summed E-state index contributed by atoms with van der Waals surface area (Å²) in [6.07, 6.45) is 12.6. The van der Waals surface area contributed by atoms with Crippen LogP contribution in [0.15, 0.2) is 91.0 Å². The van der Waals surface area contributed by atoms with Crippen molar-refractivity contribution >= 4 is 17.1 Å². The maximum absolute atomic E-state index is 6.92. The molecular formula is C36H49N3O3. The molecule has 0 unspecified atom stereocenters. The van der Waals surface area contributed by atoms with E-state index in [0.717, 1.165) is 54.4 Å². The fraction of sp³-hybridized carbons (Fsp3) is 0.444. The fourth-order valence-corrected chi connectivity index (χ4v) is 5.74. The molecule has 0 aromatic heterocycles. The van der Waals surface area contributed by atoms with E-state index in [-0.39, 0.29) is 24.1 Å². The van der Waals surface area contributed by atoms with Gasteiger partial charge in [-0.2, -0.15) is 0 Å². The lowest BCUT2D eigenvalue weighted by atomic mass is 9.83. The first-order chi connectivity index (χ1) is 20.7. The number of unbranched alkanes of at least 4 members (excludes halogenated alkanes) is 4. The molecule has 0 amide bonds. The molecule has 1 aliphatic rings. The first-order valence-electron chi connectivity index (χ1n) is 15.6. The van der Waals surface area contributed by atoms with Crippen LogP contribution in [0, 0.1) is 5.92 Å². The Morgan fingerprint density at radius 1 is 0.786 bits per heavy atom. The van der Waals surface area contributed by atoms with Crippen LogP contribution < -0.4 is 25.2 Å². The number of allylic oxidation sites excluding steroid dienone is 1. The van der Waals surface area contributed by atoms with Crippen LogP contribution in [0.4, 0.5) is 17.1 Å². The summed E-state index contributed by atoms with van der Waals surface area (Å²) in [4.78, 5) is 6.92. The first kappa shape index (κ1) is 31.3. The third-order valence-electron chi connectivity index (χ3n) is 8.05. The lowest BCUT2D eigenvalue weighted by Crippen LogP contribution is -2.60. The predicted molar refractivity (Wildman–Crippen MR) is 176 cm³/mol. The normalized spacial score (nSPS) is 20.4. The summed E-state index contributed by atoms with van der Waals surface area (Å²) in [5, 5.41) is 9.82. The Hall–Kier alpha value is -3.64. The zero-order chi connectivity index (χ0) is 29.6. The summed E-state index contributed by atoms with van der Waals surface area (Å²) < 4.78 is 10.8. The quantitative estimate of drug-likeness (QED) is 0.132. The Morgan fingerprint density at radius 2 is 1.45 bits per heavy atom. The molecule has 0 aliphatic carbocycles. The summed E-state index contributed by atoms with van der Waals surface area (Å²) >= 11 is 0. The lowest BCUT2D eigenvalue weighted by molar-refractivity contribution is -0.0312. The van der Waals surface area contributed by atoms with Gasteiger partial charge < -0.3 is 20.1 Å². The molecule has 226 valence electrons. The van der Waals surface area contributed by atoms with E-state index in [1.807, 2.05) is 24.3 Å². The number of ether oxygens (including phenoxy) is 2. The van der Waals surface area contributed by atoms with Gasteiger partial charge in [0.1, 0.15) is 17.6 Å². The molecule has 0 saturated carbocycles. The van der Waals surface area contributed by atoms with Crippen molar-refractivity contribution in [3.63, 3.8) is 0 Å². The number of rotatable bonds is 16. The maximum atomic E-state index is 6.92. The highest BCUT2D eigenvalue weighted by Gasteiger charge is 2.44. The van der Waals surface area contributed by atoms with E-state index in [0.29, 0.717) is 0 Å². The molecule has 42 heavy (non-hydrogen) atoms. The summed E-state index contributed by atoms with van der Waals surface area (Å²) in [7, 11) is 3.40. The van der Waals surface area contributed by atoms with Gasteiger partial charge in [-0.25, -0.2) is 5.06 Å². The topological polar surface area (TPSA) is 55.0 Å². The molecule has 0 bridgehead atoms. The molecule has 3 aromatic rings. The predicted octanol–water partition coefficient (Wildman–Crippen LogP) is 8.73. The second kappa shape index (κ2) is 16.7. The number of anilines is 3. The smallest absolute Gasteiger partial charge is 0.124 e. The zero-order valence-electron chi connectivity index (χ0n) is 25.8. The summed E-state index contributed by atoms with van der Waals surface area (Å²) in [6.45, 7) is 5.30. The van der Waals surface area contributed by atoms with Crippen molar-refractivity contribution in [3.8, 4) is 11.5 Å². The molecule has 3 aromatic carbocycles. The Morgan fingerprint density at radius 3 is 2.07 bits per heavy atom. The average molecular weight is 572 g/mol. The van der Waals surface area contributed by atoms with Crippen molar-refractivity contribution in [2.24, 2.45) is 5.92 Å². The van der Waals surface area contributed by atoms with E-state index in [1.165, 1.54) is 25.7 Å². The van der Waals surface area contributed by atoms with E-state index >= 15 is 0 Å². The van der Waals surface area contributed by atoms with Crippen molar-refractivity contribution < 1.29 is 14.3 Å². The number of para-hydroxylation sites is 1. The number of hydrogen-bond acceptors (Lipinski definition) is 6. The van der Waals surface area contributed by atoms with Crippen LogP contribution in [0.25, 0.3) is 0 Å². The number of nitrogens with one attached hydrogen (secondary N) is 2. The van der Waals surface area contributed by atoms with Gasteiger partial charge in [0.05, 0.1) is 32.0 Å². The SMILES string of the molecule is CCCCCC/C=C/[C@H]1ON(c2ccccc2)[C@H](CCC)[C@@H](CNc2ccc(OC)cc2)[C@@H]1Nc1ccc(OC)cc1. The van der Waals surface area contributed by atoms with Crippen molar-refractivity contribution in [2.75, 3.05) is 36.5 Å². The van der Waals surface area contributed by atoms with Crippen LogP contribution in [0.2, 0.25) is 0 Å². The zero-order valence-corrected chi connectivity index (χ0v) is 25.8. The van der Waals surface area contributed by atoms with Gasteiger partial charge in [-0.15, -0.1) is 0 Å². The van der Waals surface area contributed by atoms with E-state index in [1.54, 1.807) is 14.2 Å². The number of hydrogen-bond donors (Lipinski definition) is 2. The van der Waals surface area contributed by atoms with E-state index in [4.69, 9.17) is 14.3 Å². The molecule has 6 heteroatoms. The van der Waals surface area contributed by atoms with Crippen LogP contribution >= 0.6 is 0 Å². The molecule has 2 N–H and O–H groups in total. The van der Waals surface area contributed by atoms with E-state index in [9.17, 15) is 0 Å². The van der Waals surface area contributed by atoms with Gasteiger partial charge >= 0.3 is 0 Å². The highest BCUT2D eigenvalue weighted by molar-refractivity contribution is 5.51. The second-order valence-electron chi connectivity index (χ2n) is 11.0. The molecule has 1 heterocycles. The van der Waals surface area contributed by atoms with Crippen LogP contribution in [-0.4, -0.2) is 39.0 Å². The minimum Gasteiger partial charge on any atom is -0.497 e. The molecule has 4 rings (SSSR count). The minimum atomic E-state index is -0.144. The van der Waals surface area contributed by atoms with Gasteiger partial charge in [-0.1, -0.05) is 69.9 Å². The van der Waals surface area contributed by atoms with Crippen molar-refractivity contribution in [2.45, 2.75) is 77.0 Å². The van der Waals surface area contributed by atoms with E-state index in [2.05, 4.69) is 96.3 Å². The van der Waals surface area contributed by atoms with Gasteiger partial charge in [-0.05, 0) is 79.9 Å². The van der Waals surface area contributed by atoms with Crippen LogP contribution in [0.5, 0.6) is 11.5 Å². The minimum absolute atomic E-state index is 0.0487. The number of benzene rings is 3. The van der Waals surface area contributed by atoms with Gasteiger partial charge in [0.2, 0.25) is 0 Å². The second-order valence-corrected chi connectivity index (χ2v) is 11.0. The van der Waals surface area contributed by atoms with Crippen molar-refractivity contribution in [3.05, 3.63) is 91.0 Å². The molecule has 6 nitrogen and oxygen atoms in total. The van der Waals surface area contributed by atoms with E-state index < -0.39 is 0 Å². The molecular weight excluding hydrogens is 522 g/mol. The number of hydroxylamine groups is 1. The molecule has 1 aliphatic heterocycles. The molecule has 1 saturated heterocycles. The average Bonchev–Trinajstić information content (AvgIpc) is 3.04. The molecule has 4 atom stereocenters. The Kier molecular flexibility index (Phi) is 12.5. The monoisotopic (exact) mass is 571 g/mol. The van der Waals surface area contributed by atoms with Gasteiger partial charge in [0, 0.05) is 23.8 Å². The summed E-state index contributed by atoms with van der Waals surface area (Å²) in [5.41, 5.74) is 3.23. The molecule has 1 fully saturated rings. The van der Waals surface area contributed by atoms with Crippen molar-refractivity contribution in [1.29, 1.82) is 0 Å². The van der Waals surface area contributed by atoms with Gasteiger partial charge in [0.15, 0.2) is 0 Å². The Bertz CT molecular complexity index is 1180.